The molecule has 5 rings (SSSR count). The van der Waals surface area contributed by atoms with Crippen LogP contribution in [0, 0.1) is 20.8 Å². The summed E-state index contributed by atoms with van der Waals surface area (Å²) in [5.41, 5.74) is 3.99. The Balaban J connectivity index is -0.000000141. The molecule has 0 amide bonds. The molecule has 0 heterocycles. The minimum atomic E-state index is 1.32. The average molecular weight is 587 g/mol. The predicted molar refractivity (Wildman–Crippen MR) is 208 cm³/mol. The lowest BCUT2D eigenvalue weighted by atomic mass is 10.1. The molecule has 0 nitrogen and oxygen atoms in total. The molecule has 0 fully saturated rings. The van der Waals surface area contributed by atoms with Crippen molar-refractivity contribution in [3.8, 4) is 0 Å². The molecule has 0 saturated carbocycles. The third-order valence-corrected chi connectivity index (χ3v) is 4.85. The molecule has 0 heteroatoms. The maximum atomic E-state index is 2.20. The van der Waals surface area contributed by atoms with Crippen LogP contribution in [0.5, 0.6) is 0 Å². The van der Waals surface area contributed by atoms with Crippen LogP contribution < -0.4 is 0 Å². The SMILES string of the molecule is CC.CC.CC.CC.CC.CC.CC.Cc1ccc2ccccc2c1.Cc1cccc2ccccc12.Cc1ccccc1. The molecule has 0 aliphatic rings. The van der Waals surface area contributed by atoms with Crippen molar-refractivity contribution < 1.29 is 0 Å². The van der Waals surface area contributed by atoms with E-state index >= 15 is 0 Å². The van der Waals surface area contributed by atoms with E-state index in [9.17, 15) is 0 Å². The van der Waals surface area contributed by atoms with Crippen molar-refractivity contribution in [2.24, 2.45) is 0 Å². The van der Waals surface area contributed by atoms with E-state index in [1.807, 2.05) is 115 Å². The van der Waals surface area contributed by atoms with Crippen LogP contribution in [-0.2, 0) is 0 Å². The van der Waals surface area contributed by atoms with Gasteiger partial charge in [-0.3, -0.25) is 0 Å². The molecule has 0 saturated heterocycles. The normalized spacial score (nSPS) is 7.65. The van der Waals surface area contributed by atoms with Crippen LogP contribution in [0.2, 0.25) is 0 Å². The fraction of sp³-hybridized carbons (Fsp3) is 0.395. The summed E-state index contributed by atoms with van der Waals surface area (Å²) < 4.78 is 0. The van der Waals surface area contributed by atoms with Crippen LogP contribution in [0.4, 0.5) is 0 Å². The van der Waals surface area contributed by atoms with Gasteiger partial charge in [0.15, 0.2) is 0 Å². The van der Waals surface area contributed by atoms with Gasteiger partial charge in [0.25, 0.3) is 0 Å². The first-order chi connectivity index (χ1) is 21.1. The van der Waals surface area contributed by atoms with Crippen molar-refractivity contribution in [3.63, 3.8) is 0 Å². The lowest BCUT2D eigenvalue weighted by Crippen LogP contribution is -1.75. The van der Waals surface area contributed by atoms with Crippen molar-refractivity contribution in [1.29, 1.82) is 0 Å². The topological polar surface area (TPSA) is 0 Å². The minimum absolute atomic E-state index is 1.32. The minimum Gasteiger partial charge on any atom is -0.0683 e. The van der Waals surface area contributed by atoms with Crippen LogP contribution in [0.25, 0.3) is 21.5 Å². The molecule has 242 valence electrons. The predicted octanol–water partition coefficient (Wildman–Crippen LogP) is 15.5. The van der Waals surface area contributed by atoms with Crippen LogP contribution in [0.15, 0.2) is 115 Å². The molecule has 0 aliphatic heterocycles. The number of hydrogen-bond donors (Lipinski definition) is 0. The van der Waals surface area contributed by atoms with E-state index < -0.39 is 0 Å². The van der Waals surface area contributed by atoms with Gasteiger partial charge in [0.05, 0.1) is 0 Å². The Bertz CT molecular complexity index is 1160. The summed E-state index contributed by atoms with van der Waals surface area (Å²) >= 11 is 0. The zero-order valence-corrected chi connectivity index (χ0v) is 31.5. The molecule has 0 unspecified atom stereocenters. The smallest absolute Gasteiger partial charge is 0.0155 e. The highest BCUT2D eigenvalue weighted by molar-refractivity contribution is 5.85. The number of rotatable bonds is 0. The van der Waals surface area contributed by atoms with Gasteiger partial charge in [-0.1, -0.05) is 223 Å². The number of fused-ring (bicyclic) bond motifs is 2. The standard InChI is InChI=1S/2C11H10.C7H8.7C2H6/c1-9-5-4-7-10-6-2-3-8-11(9)10;1-9-6-7-10-4-2-3-5-11(10)8-9;1-7-5-3-2-4-6-7;7*1-2/h2*2-8H,1H3;2-6H,1H3;7*1-2H3. The van der Waals surface area contributed by atoms with Crippen LogP contribution in [0.1, 0.15) is 114 Å². The quantitative estimate of drug-likeness (QED) is 0.169. The molecule has 43 heavy (non-hydrogen) atoms. The Morgan fingerprint density at radius 1 is 0.279 bits per heavy atom. The van der Waals surface area contributed by atoms with Crippen LogP contribution in [-0.4, -0.2) is 0 Å². The van der Waals surface area contributed by atoms with Gasteiger partial charge in [-0.15, -0.1) is 0 Å². The average Bonchev–Trinajstić information content (AvgIpc) is 3.12. The van der Waals surface area contributed by atoms with Crippen molar-refractivity contribution in [2.75, 3.05) is 0 Å². The summed E-state index contributed by atoms with van der Waals surface area (Å²) in [6, 6.07) is 40.0. The molecule has 0 atom stereocenters. The zero-order chi connectivity index (χ0) is 34.5. The molecule has 0 aliphatic carbocycles. The number of benzene rings is 5. The van der Waals surface area contributed by atoms with Gasteiger partial charge in [0, 0.05) is 0 Å². The Morgan fingerprint density at radius 2 is 0.674 bits per heavy atom. The summed E-state index contributed by atoms with van der Waals surface area (Å²) in [7, 11) is 0. The highest BCUT2D eigenvalue weighted by Gasteiger charge is 1.92. The Labute approximate surface area is 270 Å². The fourth-order valence-electron chi connectivity index (χ4n) is 3.23. The second-order valence-corrected chi connectivity index (χ2v) is 7.30. The number of aryl methyl sites for hydroxylation is 3. The van der Waals surface area contributed by atoms with E-state index in [-0.39, 0.29) is 0 Å². The zero-order valence-electron chi connectivity index (χ0n) is 31.5. The lowest BCUT2D eigenvalue weighted by Gasteiger charge is -1.98. The second-order valence-electron chi connectivity index (χ2n) is 7.30. The maximum absolute atomic E-state index is 2.20. The Kier molecular flexibility index (Phi) is 46.7. The first kappa shape index (κ1) is 49.3. The fourth-order valence-corrected chi connectivity index (χ4v) is 3.23. The van der Waals surface area contributed by atoms with Gasteiger partial charge < -0.3 is 0 Å². The van der Waals surface area contributed by atoms with E-state index in [0.717, 1.165) is 0 Å². The van der Waals surface area contributed by atoms with Gasteiger partial charge >= 0.3 is 0 Å². The second kappa shape index (κ2) is 40.8. The summed E-state index contributed by atoms with van der Waals surface area (Å²) in [6.07, 6.45) is 0. The lowest BCUT2D eigenvalue weighted by molar-refractivity contribution is 1.48. The highest BCUT2D eigenvalue weighted by Crippen LogP contribution is 2.16. The summed E-state index contributed by atoms with van der Waals surface area (Å²) in [5, 5.41) is 5.33. The molecular formula is C43H70. The molecule has 0 radical (unpaired) electrons. The molecule has 5 aromatic rings. The molecule has 0 N–H and O–H groups in total. The number of hydrogen-bond acceptors (Lipinski definition) is 0. The first-order valence-corrected chi connectivity index (χ1v) is 17.0. The largest absolute Gasteiger partial charge is 0.0683 e. The summed E-state index contributed by atoms with van der Waals surface area (Å²) in [6.45, 7) is 34.3. The maximum Gasteiger partial charge on any atom is -0.0155 e. The van der Waals surface area contributed by atoms with E-state index in [0.29, 0.717) is 0 Å². The summed E-state index contributed by atoms with van der Waals surface area (Å²) in [5.74, 6) is 0. The van der Waals surface area contributed by atoms with E-state index in [1.165, 1.54) is 38.2 Å². The first-order valence-electron chi connectivity index (χ1n) is 17.0. The monoisotopic (exact) mass is 587 g/mol. The molecular weight excluding hydrogens is 516 g/mol. The molecule has 0 aromatic heterocycles. The van der Waals surface area contributed by atoms with Gasteiger partial charge in [-0.05, 0) is 47.9 Å². The Morgan fingerprint density at radius 3 is 1.12 bits per heavy atom. The highest BCUT2D eigenvalue weighted by atomic mass is 14.0. The van der Waals surface area contributed by atoms with Crippen LogP contribution >= 0.6 is 0 Å². The van der Waals surface area contributed by atoms with E-state index in [4.69, 9.17) is 0 Å². The van der Waals surface area contributed by atoms with Crippen molar-refractivity contribution in [1.82, 2.24) is 0 Å². The van der Waals surface area contributed by atoms with Gasteiger partial charge in [0.2, 0.25) is 0 Å². The molecule has 0 spiro atoms. The van der Waals surface area contributed by atoms with Gasteiger partial charge in [0.1, 0.15) is 0 Å². The third kappa shape index (κ3) is 24.9. The van der Waals surface area contributed by atoms with Crippen LogP contribution in [0.3, 0.4) is 0 Å². The van der Waals surface area contributed by atoms with E-state index in [1.54, 1.807) is 0 Å². The van der Waals surface area contributed by atoms with Crippen molar-refractivity contribution in [2.45, 2.75) is 118 Å². The molecule has 5 aromatic carbocycles. The Hall–Kier alpha value is -3.38. The summed E-state index contributed by atoms with van der Waals surface area (Å²) in [4.78, 5) is 0. The van der Waals surface area contributed by atoms with Crippen molar-refractivity contribution in [3.05, 3.63) is 132 Å². The third-order valence-electron chi connectivity index (χ3n) is 4.85. The van der Waals surface area contributed by atoms with Crippen molar-refractivity contribution >= 4 is 21.5 Å². The molecule has 0 bridgehead atoms. The van der Waals surface area contributed by atoms with E-state index in [2.05, 4.69) is 118 Å². The van der Waals surface area contributed by atoms with Gasteiger partial charge in [-0.25, -0.2) is 0 Å². The van der Waals surface area contributed by atoms with Gasteiger partial charge in [-0.2, -0.15) is 0 Å².